The van der Waals surface area contributed by atoms with E-state index in [9.17, 15) is 20.0 Å². The molecule has 0 spiro atoms. The van der Waals surface area contributed by atoms with Gasteiger partial charge in [0.25, 0.3) is 5.56 Å². The minimum absolute atomic E-state index is 0.00507. The van der Waals surface area contributed by atoms with Crippen molar-refractivity contribution in [2.45, 2.75) is 71.9 Å². The van der Waals surface area contributed by atoms with Crippen molar-refractivity contribution < 1.29 is 14.6 Å². The van der Waals surface area contributed by atoms with E-state index in [0.29, 0.717) is 5.75 Å². The standard InChI is InChI=1S/C24H28N2O4/c1-14-9-8-12-20(15(14)2)30-17(4)22(27)21-16(3)19(13-25)23(28)26(24(21)29)18-10-6-5-7-11-18/h8-9,12,17-18,29H,5-7,10-11H2,1-4H3. The summed E-state index contributed by atoms with van der Waals surface area (Å²) in [7, 11) is 0. The summed E-state index contributed by atoms with van der Waals surface area (Å²) in [5, 5.41) is 20.6. The molecule has 1 unspecified atom stereocenters. The second kappa shape index (κ2) is 8.74. The fourth-order valence-corrected chi connectivity index (χ4v) is 4.19. The molecule has 30 heavy (non-hydrogen) atoms. The van der Waals surface area contributed by atoms with Crippen molar-refractivity contribution in [3.8, 4) is 17.7 Å². The van der Waals surface area contributed by atoms with Gasteiger partial charge in [0.2, 0.25) is 11.7 Å². The zero-order valence-electron chi connectivity index (χ0n) is 18.0. The molecule has 1 saturated carbocycles. The molecule has 2 aromatic rings. The molecule has 1 heterocycles. The lowest BCUT2D eigenvalue weighted by molar-refractivity contribution is 0.0811. The number of benzene rings is 1. The van der Waals surface area contributed by atoms with E-state index in [1.54, 1.807) is 13.0 Å². The number of hydrogen-bond acceptors (Lipinski definition) is 5. The lowest BCUT2D eigenvalue weighted by atomic mass is 9.93. The summed E-state index contributed by atoms with van der Waals surface area (Å²) in [4.78, 5) is 26.2. The molecule has 1 aromatic heterocycles. The number of aromatic hydroxyl groups is 1. The Morgan fingerprint density at radius 3 is 2.50 bits per heavy atom. The van der Waals surface area contributed by atoms with E-state index in [2.05, 4.69) is 0 Å². The largest absolute Gasteiger partial charge is 0.494 e. The van der Waals surface area contributed by atoms with Crippen LogP contribution in [0.2, 0.25) is 0 Å². The molecule has 6 heteroatoms. The Kier molecular flexibility index (Phi) is 6.31. The zero-order valence-corrected chi connectivity index (χ0v) is 18.0. The summed E-state index contributed by atoms with van der Waals surface area (Å²) in [6, 6.07) is 7.34. The van der Waals surface area contributed by atoms with Crippen LogP contribution in [0.15, 0.2) is 23.0 Å². The molecule has 1 aliphatic rings. The molecule has 0 saturated heterocycles. The Hall–Kier alpha value is -3.07. The third-order valence-corrected chi connectivity index (χ3v) is 6.16. The number of pyridine rings is 1. The fourth-order valence-electron chi connectivity index (χ4n) is 4.19. The fraction of sp³-hybridized carbons (Fsp3) is 0.458. The van der Waals surface area contributed by atoms with E-state index < -0.39 is 17.4 Å². The van der Waals surface area contributed by atoms with Gasteiger partial charge >= 0.3 is 0 Å². The first-order valence-corrected chi connectivity index (χ1v) is 10.4. The van der Waals surface area contributed by atoms with Crippen molar-refractivity contribution in [2.75, 3.05) is 0 Å². The Labute approximate surface area is 176 Å². The molecule has 158 valence electrons. The predicted molar refractivity (Wildman–Crippen MR) is 114 cm³/mol. The van der Waals surface area contributed by atoms with Crippen LogP contribution in [0.25, 0.3) is 0 Å². The molecule has 0 radical (unpaired) electrons. The number of hydrogen-bond donors (Lipinski definition) is 1. The number of Topliss-reactive ketones (excluding diaryl/α,β-unsaturated/α-hetero) is 1. The zero-order chi connectivity index (χ0) is 22.0. The average molecular weight is 408 g/mol. The molecule has 1 fully saturated rings. The van der Waals surface area contributed by atoms with Crippen LogP contribution in [0.5, 0.6) is 11.6 Å². The second-order valence-electron chi connectivity index (χ2n) is 8.10. The summed E-state index contributed by atoms with van der Waals surface area (Å²) in [6.07, 6.45) is 3.56. The summed E-state index contributed by atoms with van der Waals surface area (Å²) in [5.74, 6) is -0.217. The molecule has 1 aliphatic carbocycles. The number of carbonyl (C=O) groups excluding carboxylic acids is 1. The normalized spacial score (nSPS) is 15.4. The van der Waals surface area contributed by atoms with Gasteiger partial charge in [-0.05, 0) is 63.3 Å². The van der Waals surface area contributed by atoms with E-state index in [1.165, 1.54) is 11.5 Å². The molecular weight excluding hydrogens is 380 g/mol. The van der Waals surface area contributed by atoms with Gasteiger partial charge in [0.05, 0.1) is 5.56 Å². The molecule has 1 N–H and O–H groups in total. The molecular formula is C24H28N2O4. The minimum atomic E-state index is -0.890. The van der Waals surface area contributed by atoms with Crippen molar-refractivity contribution in [2.24, 2.45) is 0 Å². The number of nitrogens with zero attached hydrogens (tertiary/aromatic N) is 2. The molecule has 6 nitrogen and oxygen atoms in total. The highest BCUT2D eigenvalue weighted by Crippen LogP contribution is 2.33. The number of ether oxygens (including phenoxy) is 1. The first kappa shape index (κ1) is 21.6. The highest BCUT2D eigenvalue weighted by molar-refractivity contribution is 6.03. The van der Waals surface area contributed by atoms with Crippen molar-refractivity contribution in [3.63, 3.8) is 0 Å². The predicted octanol–water partition coefficient (Wildman–Crippen LogP) is 4.51. The third-order valence-electron chi connectivity index (χ3n) is 6.16. The Bertz CT molecular complexity index is 1070. The third kappa shape index (κ3) is 3.85. The molecule has 1 atom stereocenters. The number of ketones is 1. The first-order chi connectivity index (χ1) is 14.3. The lowest BCUT2D eigenvalue weighted by Gasteiger charge is -2.27. The van der Waals surface area contributed by atoms with Gasteiger partial charge in [0, 0.05) is 6.04 Å². The summed E-state index contributed by atoms with van der Waals surface area (Å²) < 4.78 is 7.16. The van der Waals surface area contributed by atoms with Crippen LogP contribution in [-0.4, -0.2) is 21.6 Å². The van der Waals surface area contributed by atoms with Gasteiger partial charge < -0.3 is 9.84 Å². The van der Waals surface area contributed by atoms with E-state index in [4.69, 9.17) is 4.74 Å². The van der Waals surface area contributed by atoms with E-state index >= 15 is 0 Å². The number of rotatable bonds is 5. The van der Waals surface area contributed by atoms with Crippen LogP contribution >= 0.6 is 0 Å². The summed E-state index contributed by atoms with van der Waals surface area (Å²) in [5.41, 5.74) is 1.55. The molecule has 3 rings (SSSR count). The molecule has 1 aromatic carbocycles. The summed E-state index contributed by atoms with van der Waals surface area (Å²) in [6.45, 7) is 7.03. The number of nitriles is 1. The van der Waals surface area contributed by atoms with Crippen LogP contribution in [0.1, 0.15) is 77.7 Å². The summed E-state index contributed by atoms with van der Waals surface area (Å²) >= 11 is 0. The average Bonchev–Trinajstić information content (AvgIpc) is 2.72. The number of aromatic nitrogens is 1. The van der Waals surface area contributed by atoms with E-state index in [-0.39, 0.29) is 28.6 Å². The Morgan fingerprint density at radius 1 is 1.20 bits per heavy atom. The Balaban J connectivity index is 2.05. The maximum atomic E-state index is 13.3. The smallest absolute Gasteiger partial charge is 0.271 e. The van der Waals surface area contributed by atoms with Crippen LogP contribution in [0.3, 0.4) is 0 Å². The molecule has 0 bridgehead atoms. The van der Waals surface area contributed by atoms with Crippen molar-refractivity contribution in [1.29, 1.82) is 5.26 Å². The van der Waals surface area contributed by atoms with E-state index in [1.807, 2.05) is 32.0 Å². The maximum Gasteiger partial charge on any atom is 0.271 e. The van der Waals surface area contributed by atoms with Crippen molar-refractivity contribution in [3.05, 3.63) is 56.4 Å². The SMILES string of the molecule is Cc1cccc(OC(C)C(=O)c2c(C)c(C#N)c(=O)n(C3CCCCC3)c2O)c1C. The van der Waals surface area contributed by atoms with Gasteiger partial charge in [0.15, 0.2) is 6.10 Å². The Morgan fingerprint density at radius 2 is 1.87 bits per heavy atom. The quantitative estimate of drug-likeness (QED) is 0.735. The van der Waals surface area contributed by atoms with Gasteiger partial charge in [-0.25, -0.2) is 0 Å². The van der Waals surface area contributed by atoms with Crippen molar-refractivity contribution in [1.82, 2.24) is 4.57 Å². The van der Waals surface area contributed by atoms with Crippen LogP contribution in [0, 0.1) is 32.1 Å². The molecule has 0 aliphatic heterocycles. The monoisotopic (exact) mass is 408 g/mol. The highest BCUT2D eigenvalue weighted by Gasteiger charge is 2.31. The van der Waals surface area contributed by atoms with Crippen LogP contribution in [-0.2, 0) is 0 Å². The van der Waals surface area contributed by atoms with Gasteiger partial charge in [-0.2, -0.15) is 5.26 Å². The van der Waals surface area contributed by atoms with Crippen LogP contribution < -0.4 is 10.3 Å². The topological polar surface area (TPSA) is 92.3 Å². The van der Waals surface area contributed by atoms with E-state index in [0.717, 1.165) is 43.2 Å². The van der Waals surface area contributed by atoms with Gasteiger partial charge in [-0.3, -0.25) is 14.2 Å². The first-order valence-electron chi connectivity index (χ1n) is 10.4. The maximum absolute atomic E-state index is 13.3. The number of carbonyl (C=O) groups is 1. The second-order valence-corrected chi connectivity index (χ2v) is 8.10. The highest BCUT2D eigenvalue weighted by atomic mass is 16.5. The number of aryl methyl sites for hydroxylation is 1. The van der Waals surface area contributed by atoms with Gasteiger partial charge in [-0.15, -0.1) is 0 Å². The van der Waals surface area contributed by atoms with Crippen molar-refractivity contribution >= 4 is 5.78 Å². The molecule has 0 amide bonds. The van der Waals surface area contributed by atoms with Gasteiger partial charge in [0.1, 0.15) is 17.4 Å². The van der Waals surface area contributed by atoms with Gasteiger partial charge in [-0.1, -0.05) is 31.4 Å². The minimum Gasteiger partial charge on any atom is -0.494 e. The lowest BCUT2D eigenvalue weighted by Crippen LogP contribution is -2.33. The van der Waals surface area contributed by atoms with Crippen LogP contribution in [0.4, 0.5) is 0 Å².